The first-order valence-corrected chi connectivity index (χ1v) is 15.6. The molecule has 0 bridgehead atoms. The van der Waals surface area contributed by atoms with Crippen LogP contribution in [0.5, 0.6) is 0 Å². The summed E-state index contributed by atoms with van der Waals surface area (Å²) in [4.78, 5) is 28.9. The summed E-state index contributed by atoms with van der Waals surface area (Å²) in [7, 11) is -3.75. The molecule has 2 aromatic rings. The zero-order chi connectivity index (χ0) is 27.9. The number of sulfonamides is 1. The van der Waals surface area contributed by atoms with Crippen LogP contribution < -0.4 is 9.62 Å². The fourth-order valence-corrected chi connectivity index (χ4v) is 5.92. The van der Waals surface area contributed by atoms with Gasteiger partial charge in [0, 0.05) is 12.6 Å². The maximum atomic E-state index is 13.9. The van der Waals surface area contributed by atoms with E-state index in [0.29, 0.717) is 18.0 Å². The first-order chi connectivity index (χ1) is 18.0. The van der Waals surface area contributed by atoms with Crippen molar-refractivity contribution in [1.29, 1.82) is 0 Å². The number of amides is 2. The van der Waals surface area contributed by atoms with Crippen molar-refractivity contribution in [2.75, 3.05) is 17.1 Å². The van der Waals surface area contributed by atoms with Crippen molar-refractivity contribution >= 4 is 27.5 Å². The summed E-state index contributed by atoms with van der Waals surface area (Å²) in [6, 6.07) is 14.4. The van der Waals surface area contributed by atoms with Crippen LogP contribution in [0.15, 0.2) is 48.5 Å². The third-order valence-electron chi connectivity index (χ3n) is 7.47. The van der Waals surface area contributed by atoms with E-state index in [1.807, 2.05) is 50.2 Å². The van der Waals surface area contributed by atoms with E-state index in [9.17, 15) is 18.0 Å². The molecule has 3 rings (SSSR count). The normalized spacial score (nSPS) is 15.2. The number of nitrogens with one attached hydrogen (secondary N) is 1. The van der Waals surface area contributed by atoms with Crippen molar-refractivity contribution in [3.8, 4) is 0 Å². The number of carbonyl (C=O) groups is 2. The highest BCUT2D eigenvalue weighted by Crippen LogP contribution is 2.24. The Balaban J connectivity index is 1.92. The molecular weight excluding hydrogens is 498 g/mol. The Morgan fingerprint density at radius 2 is 1.63 bits per heavy atom. The van der Waals surface area contributed by atoms with Gasteiger partial charge in [0.2, 0.25) is 21.8 Å². The number of anilines is 1. The number of aryl methyl sites for hydroxylation is 1. The summed E-state index contributed by atoms with van der Waals surface area (Å²) in [6.45, 7) is 7.85. The Hall–Kier alpha value is -2.87. The highest BCUT2D eigenvalue weighted by atomic mass is 32.2. The molecule has 0 spiro atoms. The molecule has 1 atom stereocenters. The van der Waals surface area contributed by atoms with Crippen molar-refractivity contribution in [1.82, 2.24) is 10.2 Å². The number of benzene rings is 2. The fourth-order valence-electron chi connectivity index (χ4n) is 5.07. The lowest BCUT2D eigenvalue weighted by molar-refractivity contribution is -0.140. The van der Waals surface area contributed by atoms with Gasteiger partial charge in [0.25, 0.3) is 0 Å². The van der Waals surface area contributed by atoms with Crippen LogP contribution >= 0.6 is 0 Å². The second-order valence-electron chi connectivity index (χ2n) is 10.7. The van der Waals surface area contributed by atoms with Gasteiger partial charge in [-0.1, -0.05) is 76.4 Å². The van der Waals surface area contributed by atoms with Crippen LogP contribution in [0.4, 0.5) is 5.69 Å². The van der Waals surface area contributed by atoms with Crippen LogP contribution in [0.25, 0.3) is 0 Å². The molecule has 208 valence electrons. The molecule has 0 aliphatic heterocycles. The Morgan fingerprint density at radius 1 is 1.00 bits per heavy atom. The zero-order valence-electron chi connectivity index (χ0n) is 23.4. The quantitative estimate of drug-likeness (QED) is 0.427. The van der Waals surface area contributed by atoms with Crippen LogP contribution in [0.2, 0.25) is 0 Å². The van der Waals surface area contributed by atoms with Gasteiger partial charge < -0.3 is 10.2 Å². The molecular formula is C30H43N3O4S. The summed E-state index contributed by atoms with van der Waals surface area (Å²) in [5, 5.41) is 3.17. The minimum atomic E-state index is -3.75. The van der Waals surface area contributed by atoms with Gasteiger partial charge in [-0.25, -0.2) is 8.42 Å². The average molecular weight is 542 g/mol. The molecule has 8 heteroatoms. The maximum Gasteiger partial charge on any atom is 0.244 e. The second kappa shape index (κ2) is 13.3. The van der Waals surface area contributed by atoms with Crippen molar-refractivity contribution in [3.63, 3.8) is 0 Å². The average Bonchev–Trinajstić information content (AvgIpc) is 2.88. The van der Waals surface area contributed by atoms with Crippen LogP contribution in [0.3, 0.4) is 0 Å². The third-order valence-corrected chi connectivity index (χ3v) is 8.61. The molecule has 0 unspecified atom stereocenters. The van der Waals surface area contributed by atoms with E-state index < -0.39 is 22.0 Å². The summed E-state index contributed by atoms with van der Waals surface area (Å²) in [6.07, 6.45) is 6.79. The Kier molecular flexibility index (Phi) is 10.4. The Morgan fingerprint density at radius 3 is 2.18 bits per heavy atom. The zero-order valence-corrected chi connectivity index (χ0v) is 24.3. The lowest BCUT2D eigenvalue weighted by atomic mass is 9.95. The first kappa shape index (κ1) is 29.7. The predicted molar refractivity (Wildman–Crippen MR) is 154 cm³/mol. The smallest absolute Gasteiger partial charge is 0.244 e. The number of hydrogen-bond donors (Lipinski definition) is 1. The van der Waals surface area contributed by atoms with Gasteiger partial charge in [-0.2, -0.15) is 0 Å². The van der Waals surface area contributed by atoms with Crippen LogP contribution in [0, 0.1) is 6.92 Å². The molecule has 1 aliphatic carbocycles. The molecule has 0 heterocycles. The van der Waals surface area contributed by atoms with Crippen molar-refractivity contribution in [2.24, 2.45) is 0 Å². The van der Waals surface area contributed by atoms with Gasteiger partial charge in [0.15, 0.2) is 0 Å². The number of carbonyl (C=O) groups excluding carboxylic acids is 2. The van der Waals surface area contributed by atoms with Crippen LogP contribution in [0.1, 0.15) is 81.9 Å². The van der Waals surface area contributed by atoms with E-state index in [4.69, 9.17) is 0 Å². The van der Waals surface area contributed by atoms with E-state index >= 15 is 0 Å². The molecule has 1 saturated carbocycles. The SMILES string of the molecule is CC[C@H](C(=O)NC1CCCCC1)N(Cc1ccccc1C)C(=O)CN(c1ccc(C(C)C)cc1)S(C)(=O)=O. The molecule has 38 heavy (non-hydrogen) atoms. The minimum Gasteiger partial charge on any atom is -0.352 e. The van der Waals surface area contributed by atoms with Gasteiger partial charge in [0.1, 0.15) is 12.6 Å². The van der Waals surface area contributed by atoms with Crippen LogP contribution in [-0.4, -0.2) is 50.0 Å². The number of nitrogens with zero attached hydrogens (tertiary/aromatic N) is 2. The first-order valence-electron chi connectivity index (χ1n) is 13.7. The third kappa shape index (κ3) is 7.82. The largest absolute Gasteiger partial charge is 0.352 e. The Labute approximate surface area is 228 Å². The predicted octanol–water partition coefficient (Wildman–Crippen LogP) is 5.14. The van der Waals surface area contributed by atoms with Gasteiger partial charge in [-0.3, -0.25) is 13.9 Å². The summed E-state index contributed by atoms with van der Waals surface area (Å²) < 4.78 is 26.8. The Bertz CT molecular complexity index is 1190. The topological polar surface area (TPSA) is 86.8 Å². The van der Waals surface area contributed by atoms with Crippen molar-refractivity contribution in [3.05, 3.63) is 65.2 Å². The lowest BCUT2D eigenvalue weighted by Gasteiger charge is -2.34. The molecule has 0 aromatic heterocycles. The van der Waals surface area contributed by atoms with Gasteiger partial charge >= 0.3 is 0 Å². The van der Waals surface area contributed by atoms with E-state index in [-0.39, 0.29) is 25.0 Å². The number of rotatable bonds is 11. The highest BCUT2D eigenvalue weighted by molar-refractivity contribution is 7.92. The molecule has 7 nitrogen and oxygen atoms in total. The second-order valence-corrected chi connectivity index (χ2v) is 12.6. The lowest BCUT2D eigenvalue weighted by Crippen LogP contribution is -2.54. The molecule has 1 N–H and O–H groups in total. The molecule has 1 fully saturated rings. The molecule has 2 aromatic carbocycles. The van der Waals surface area contributed by atoms with Crippen molar-refractivity contribution in [2.45, 2.75) is 90.8 Å². The monoisotopic (exact) mass is 541 g/mol. The number of hydrogen-bond acceptors (Lipinski definition) is 4. The van der Waals surface area contributed by atoms with E-state index in [1.165, 1.54) is 6.42 Å². The van der Waals surface area contributed by atoms with Gasteiger partial charge in [-0.15, -0.1) is 0 Å². The summed E-state index contributed by atoms with van der Waals surface area (Å²) in [5.41, 5.74) is 3.45. The van der Waals surface area contributed by atoms with E-state index in [0.717, 1.165) is 52.9 Å². The molecule has 0 saturated heterocycles. The molecule has 0 radical (unpaired) electrons. The van der Waals surface area contributed by atoms with E-state index in [2.05, 4.69) is 19.2 Å². The maximum absolute atomic E-state index is 13.9. The van der Waals surface area contributed by atoms with E-state index in [1.54, 1.807) is 17.0 Å². The van der Waals surface area contributed by atoms with Gasteiger partial charge in [-0.05, 0) is 60.9 Å². The fraction of sp³-hybridized carbons (Fsp3) is 0.533. The minimum absolute atomic E-state index is 0.118. The van der Waals surface area contributed by atoms with Gasteiger partial charge in [0.05, 0.1) is 11.9 Å². The molecule has 2 amide bonds. The molecule has 1 aliphatic rings. The standard InChI is InChI=1S/C30H43N3O4S/c1-6-28(30(35)31-26-14-8-7-9-15-26)32(20-25-13-11-10-12-23(25)4)29(34)21-33(38(5,36)37)27-18-16-24(17-19-27)22(2)3/h10-13,16-19,22,26,28H,6-9,14-15,20-21H2,1-5H3,(H,31,35)/t28-/m1/s1. The highest BCUT2D eigenvalue weighted by Gasteiger charge is 2.33. The summed E-state index contributed by atoms with van der Waals surface area (Å²) >= 11 is 0. The summed E-state index contributed by atoms with van der Waals surface area (Å²) in [5.74, 6) is -0.277. The van der Waals surface area contributed by atoms with Crippen LogP contribution in [-0.2, 0) is 26.2 Å². The van der Waals surface area contributed by atoms with Crippen molar-refractivity contribution < 1.29 is 18.0 Å².